The third-order valence-corrected chi connectivity index (χ3v) is 6.83. The highest BCUT2D eigenvalue weighted by atomic mass is 16.6. The number of nitrogens with zero attached hydrogens (tertiary/aromatic N) is 2. The summed E-state index contributed by atoms with van der Waals surface area (Å²) in [5.41, 5.74) is 2.13. The maximum absolute atomic E-state index is 13.1. The zero-order valence-corrected chi connectivity index (χ0v) is 23.8. The minimum atomic E-state index is -0.472. The van der Waals surface area contributed by atoms with E-state index in [9.17, 15) is 25.0 Å². The smallest absolute Gasteiger partial charge is 0.270 e. The molecule has 0 atom stereocenters. The summed E-state index contributed by atoms with van der Waals surface area (Å²) in [7, 11) is 1.56. The zero-order valence-electron chi connectivity index (χ0n) is 23.8. The van der Waals surface area contributed by atoms with Gasteiger partial charge in [0, 0.05) is 53.4 Å². The summed E-state index contributed by atoms with van der Waals surface area (Å²) in [5, 5.41) is 23.0. The monoisotopic (exact) mass is 572 g/mol. The molecule has 42 heavy (non-hydrogen) atoms. The standard InChI is InChI=1S/C20H19NO5.C12H13NO3/c1-3-4-5-18-19(20(22)13-6-9-15(25-2)10-7-13)16-12-14(21(23)24)8-11-17(16)26-18;1-2-3-4-11-8-9-7-10(13(14)15)5-6-12(9)16-11/h6-12H,3-5H2,1-2H3;5-8H,2-4H2,1H3. The van der Waals surface area contributed by atoms with E-state index in [1.807, 2.05) is 6.07 Å². The third kappa shape index (κ3) is 6.83. The molecule has 10 heteroatoms. The summed E-state index contributed by atoms with van der Waals surface area (Å²) in [6.07, 6.45) is 5.49. The molecule has 2 heterocycles. The van der Waals surface area contributed by atoms with Crippen LogP contribution in [0.25, 0.3) is 21.9 Å². The number of benzene rings is 3. The first-order valence-electron chi connectivity index (χ1n) is 13.8. The summed E-state index contributed by atoms with van der Waals surface area (Å²) < 4.78 is 16.6. The van der Waals surface area contributed by atoms with Gasteiger partial charge in [-0.1, -0.05) is 26.7 Å². The molecule has 0 aliphatic heterocycles. The van der Waals surface area contributed by atoms with Gasteiger partial charge in [0.15, 0.2) is 5.78 Å². The average molecular weight is 573 g/mol. The lowest BCUT2D eigenvalue weighted by Gasteiger charge is -2.04. The van der Waals surface area contributed by atoms with Crippen molar-refractivity contribution in [3.63, 3.8) is 0 Å². The van der Waals surface area contributed by atoms with Gasteiger partial charge in [0.1, 0.15) is 28.4 Å². The summed E-state index contributed by atoms with van der Waals surface area (Å²) in [5.74, 6) is 1.92. The van der Waals surface area contributed by atoms with Crippen LogP contribution in [0.4, 0.5) is 11.4 Å². The number of fused-ring (bicyclic) bond motifs is 2. The van der Waals surface area contributed by atoms with E-state index < -0.39 is 9.85 Å². The molecule has 0 unspecified atom stereocenters. The Morgan fingerprint density at radius 2 is 1.40 bits per heavy atom. The Balaban J connectivity index is 0.000000216. The molecule has 0 N–H and O–H groups in total. The van der Waals surface area contributed by atoms with E-state index in [0.29, 0.717) is 40.0 Å². The molecule has 0 aliphatic carbocycles. The van der Waals surface area contributed by atoms with E-state index in [0.717, 1.165) is 48.8 Å². The number of ketones is 1. The zero-order chi connectivity index (χ0) is 30.2. The number of hydrogen-bond donors (Lipinski definition) is 0. The third-order valence-electron chi connectivity index (χ3n) is 6.83. The average Bonchev–Trinajstić information content (AvgIpc) is 3.58. The molecule has 0 saturated heterocycles. The first-order valence-corrected chi connectivity index (χ1v) is 13.8. The Morgan fingerprint density at radius 1 is 0.786 bits per heavy atom. The Labute approximate surface area is 242 Å². The molecule has 0 aliphatic rings. The van der Waals surface area contributed by atoms with Crippen molar-refractivity contribution in [2.24, 2.45) is 0 Å². The lowest BCUT2D eigenvalue weighted by atomic mass is 9.98. The van der Waals surface area contributed by atoms with Gasteiger partial charge in [-0.3, -0.25) is 25.0 Å². The molecule has 218 valence electrons. The van der Waals surface area contributed by atoms with Crippen LogP contribution in [0.1, 0.15) is 67.0 Å². The van der Waals surface area contributed by atoms with Gasteiger partial charge in [-0.05, 0) is 55.3 Å². The predicted octanol–water partition coefficient (Wildman–Crippen LogP) is 8.61. The van der Waals surface area contributed by atoms with Crippen molar-refractivity contribution >= 4 is 39.1 Å². The number of methoxy groups -OCH3 is 1. The van der Waals surface area contributed by atoms with Crippen LogP contribution in [0, 0.1) is 20.2 Å². The summed E-state index contributed by atoms with van der Waals surface area (Å²) in [6.45, 7) is 4.17. The number of carbonyl (C=O) groups excluding carboxylic acids is 1. The van der Waals surface area contributed by atoms with Gasteiger partial charge in [0.05, 0.1) is 22.5 Å². The number of nitro benzene ring substituents is 2. The molecule has 10 nitrogen and oxygen atoms in total. The number of rotatable bonds is 11. The van der Waals surface area contributed by atoms with E-state index in [2.05, 4.69) is 13.8 Å². The fourth-order valence-electron chi connectivity index (χ4n) is 4.57. The first-order chi connectivity index (χ1) is 20.2. The maximum Gasteiger partial charge on any atom is 0.270 e. The van der Waals surface area contributed by atoms with Gasteiger partial charge >= 0.3 is 0 Å². The van der Waals surface area contributed by atoms with Crippen molar-refractivity contribution in [2.75, 3.05) is 7.11 Å². The normalized spacial score (nSPS) is 10.8. The quantitative estimate of drug-likeness (QED) is 0.0870. The second kappa shape index (κ2) is 13.6. The van der Waals surface area contributed by atoms with Gasteiger partial charge < -0.3 is 13.6 Å². The number of ether oxygens (including phenoxy) is 1. The molecule has 0 saturated carbocycles. The molecule has 5 rings (SSSR count). The van der Waals surface area contributed by atoms with E-state index in [1.54, 1.807) is 49.6 Å². The number of unbranched alkanes of at least 4 members (excludes halogenated alkanes) is 2. The van der Waals surface area contributed by atoms with Crippen molar-refractivity contribution < 1.29 is 28.2 Å². The van der Waals surface area contributed by atoms with Crippen LogP contribution in [-0.2, 0) is 12.8 Å². The fraction of sp³-hybridized carbons (Fsp3) is 0.281. The molecule has 0 bridgehead atoms. The van der Waals surface area contributed by atoms with Crippen LogP contribution in [0.2, 0.25) is 0 Å². The van der Waals surface area contributed by atoms with Crippen LogP contribution in [0.3, 0.4) is 0 Å². The summed E-state index contributed by atoms with van der Waals surface area (Å²) in [6, 6.07) is 17.7. The second-order valence-corrected chi connectivity index (χ2v) is 9.79. The predicted molar refractivity (Wildman–Crippen MR) is 159 cm³/mol. The van der Waals surface area contributed by atoms with Crippen molar-refractivity contribution in [3.05, 3.63) is 110 Å². The summed E-state index contributed by atoms with van der Waals surface area (Å²) in [4.78, 5) is 34.0. The Hall–Kier alpha value is -4.99. The largest absolute Gasteiger partial charge is 0.497 e. The number of furan rings is 2. The maximum atomic E-state index is 13.1. The van der Waals surface area contributed by atoms with Crippen LogP contribution in [0.5, 0.6) is 5.75 Å². The Morgan fingerprint density at radius 3 is 2.02 bits per heavy atom. The van der Waals surface area contributed by atoms with Gasteiger partial charge in [0.25, 0.3) is 11.4 Å². The van der Waals surface area contributed by atoms with Crippen molar-refractivity contribution in [1.29, 1.82) is 0 Å². The molecular weight excluding hydrogens is 540 g/mol. The molecule has 0 fully saturated rings. The Bertz CT molecular complexity index is 1720. The topological polar surface area (TPSA) is 139 Å². The van der Waals surface area contributed by atoms with Crippen LogP contribution in [0.15, 0.2) is 75.6 Å². The second-order valence-electron chi connectivity index (χ2n) is 9.79. The molecule has 0 radical (unpaired) electrons. The highest BCUT2D eigenvalue weighted by Crippen LogP contribution is 2.32. The molecule has 0 amide bonds. The molecule has 2 aromatic heterocycles. The number of carbonyl (C=O) groups is 1. The number of nitro groups is 2. The molecular formula is C32H32N2O8. The van der Waals surface area contributed by atoms with Gasteiger partial charge in [0.2, 0.25) is 0 Å². The lowest BCUT2D eigenvalue weighted by molar-refractivity contribution is -0.384. The number of hydrogen-bond acceptors (Lipinski definition) is 8. The van der Waals surface area contributed by atoms with Crippen LogP contribution in [-0.4, -0.2) is 22.7 Å². The Kier molecular flexibility index (Phi) is 9.69. The van der Waals surface area contributed by atoms with Crippen LogP contribution >= 0.6 is 0 Å². The van der Waals surface area contributed by atoms with E-state index >= 15 is 0 Å². The van der Waals surface area contributed by atoms with Crippen LogP contribution < -0.4 is 4.74 Å². The van der Waals surface area contributed by atoms with E-state index in [-0.39, 0.29) is 17.2 Å². The highest BCUT2D eigenvalue weighted by molar-refractivity contribution is 6.17. The molecule has 0 spiro atoms. The highest BCUT2D eigenvalue weighted by Gasteiger charge is 2.23. The fourth-order valence-corrected chi connectivity index (χ4v) is 4.57. The lowest BCUT2D eigenvalue weighted by Crippen LogP contribution is -2.04. The van der Waals surface area contributed by atoms with Gasteiger partial charge in [-0.15, -0.1) is 0 Å². The van der Waals surface area contributed by atoms with E-state index in [1.165, 1.54) is 18.2 Å². The van der Waals surface area contributed by atoms with Crippen molar-refractivity contribution in [2.45, 2.75) is 52.4 Å². The number of non-ortho nitro benzene ring substituents is 2. The van der Waals surface area contributed by atoms with E-state index in [4.69, 9.17) is 13.6 Å². The molecule has 5 aromatic rings. The number of aryl methyl sites for hydroxylation is 2. The van der Waals surface area contributed by atoms with Gasteiger partial charge in [-0.2, -0.15) is 0 Å². The minimum absolute atomic E-state index is 0.0656. The van der Waals surface area contributed by atoms with Crippen molar-refractivity contribution in [1.82, 2.24) is 0 Å². The first kappa shape index (κ1) is 30.0. The van der Waals surface area contributed by atoms with Gasteiger partial charge in [-0.25, -0.2) is 0 Å². The summed E-state index contributed by atoms with van der Waals surface area (Å²) >= 11 is 0. The minimum Gasteiger partial charge on any atom is -0.497 e. The van der Waals surface area contributed by atoms with Crippen molar-refractivity contribution in [3.8, 4) is 5.75 Å². The SMILES string of the molecule is CCCCc1cc2cc([N+](=O)[O-])ccc2o1.CCCCc1oc2ccc([N+](=O)[O-])cc2c1C(=O)c1ccc(OC)cc1. The molecule has 3 aromatic carbocycles.